The van der Waals surface area contributed by atoms with Crippen LogP contribution in [0.15, 0.2) is 41.4 Å². The Balaban J connectivity index is 2.35. The minimum absolute atomic E-state index is 0.0135. The van der Waals surface area contributed by atoms with E-state index in [0.29, 0.717) is 18.7 Å². The van der Waals surface area contributed by atoms with Crippen molar-refractivity contribution in [2.45, 2.75) is 31.6 Å². The number of pyridine rings is 1. The van der Waals surface area contributed by atoms with Gasteiger partial charge in [0.05, 0.1) is 11.8 Å². The van der Waals surface area contributed by atoms with E-state index >= 15 is 0 Å². The van der Waals surface area contributed by atoms with Crippen molar-refractivity contribution >= 4 is 15.8 Å². The third-order valence-corrected chi connectivity index (χ3v) is 6.28. The molecule has 0 radical (unpaired) electrons. The van der Waals surface area contributed by atoms with E-state index in [1.807, 2.05) is 6.07 Å². The third kappa shape index (κ3) is 4.21. The predicted molar refractivity (Wildman–Crippen MR) is 98.2 cm³/mol. The number of ketones is 1. The first-order chi connectivity index (χ1) is 12.8. The molecule has 0 aliphatic rings. The van der Waals surface area contributed by atoms with Gasteiger partial charge in [0.25, 0.3) is 0 Å². The second-order valence-corrected chi connectivity index (χ2v) is 7.84. The zero-order valence-corrected chi connectivity index (χ0v) is 16.1. The van der Waals surface area contributed by atoms with E-state index < -0.39 is 27.5 Å². The molecule has 27 heavy (non-hydrogen) atoms. The van der Waals surface area contributed by atoms with Gasteiger partial charge in [-0.1, -0.05) is 26.0 Å². The number of hydrogen-bond donors (Lipinski definition) is 0. The summed E-state index contributed by atoms with van der Waals surface area (Å²) < 4.78 is 40.0. The van der Waals surface area contributed by atoms with Crippen molar-refractivity contribution in [3.8, 4) is 6.07 Å². The largest absolute Gasteiger partial charge is 0.292 e. The van der Waals surface area contributed by atoms with Crippen molar-refractivity contribution in [1.29, 1.82) is 5.26 Å². The highest BCUT2D eigenvalue weighted by Crippen LogP contribution is 2.22. The van der Waals surface area contributed by atoms with E-state index in [1.165, 1.54) is 28.6 Å². The Bertz CT molecular complexity index is 978. The molecule has 0 aliphatic carbocycles. The molecule has 0 N–H and O–H groups in total. The Morgan fingerprint density at radius 1 is 1.26 bits per heavy atom. The number of nitrogens with zero attached hydrogens (tertiary/aromatic N) is 3. The van der Waals surface area contributed by atoms with Gasteiger partial charge in [0.15, 0.2) is 11.7 Å². The first-order valence-electron chi connectivity index (χ1n) is 8.42. The maximum Gasteiger partial charge on any atom is 0.244 e. The fourth-order valence-corrected chi connectivity index (χ4v) is 4.00. The van der Waals surface area contributed by atoms with E-state index in [1.54, 1.807) is 20.8 Å². The van der Waals surface area contributed by atoms with Crippen LogP contribution in [0.1, 0.15) is 41.4 Å². The Morgan fingerprint density at radius 3 is 2.41 bits per heavy atom. The maximum absolute atomic E-state index is 13.7. The Hall–Kier alpha value is -2.63. The molecule has 1 atom stereocenters. The molecule has 1 aromatic heterocycles. The Labute approximate surface area is 158 Å². The second-order valence-electron chi connectivity index (χ2n) is 5.90. The lowest BCUT2D eigenvalue weighted by molar-refractivity contribution is 0.0977. The average molecular weight is 389 g/mol. The predicted octanol–water partition coefficient (Wildman–Crippen LogP) is 3.05. The highest BCUT2D eigenvalue weighted by molar-refractivity contribution is 7.89. The minimum atomic E-state index is -3.68. The zero-order chi connectivity index (χ0) is 20.2. The molecule has 8 heteroatoms. The number of benzene rings is 1. The van der Waals surface area contributed by atoms with Crippen LogP contribution < -0.4 is 0 Å². The van der Waals surface area contributed by atoms with Gasteiger partial charge in [0.1, 0.15) is 10.7 Å². The fourth-order valence-electron chi connectivity index (χ4n) is 2.60. The molecule has 2 rings (SSSR count). The topological polar surface area (TPSA) is 91.1 Å². The van der Waals surface area contributed by atoms with Crippen LogP contribution in [0.2, 0.25) is 0 Å². The number of hydrogen-bond acceptors (Lipinski definition) is 5. The van der Waals surface area contributed by atoms with Crippen LogP contribution in [0.25, 0.3) is 0 Å². The van der Waals surface area contributed by atoms with E-state index in [-0.39, 0.29) is 16.2 Å². The monoisotopic (exact) mass is 389 g/mol. The number of sulfonamides is 1. The van der Waals surface area contributed by atoms with Crippen molar-refractivity contribution in [1.82, 2.24) is 9.29 Å². The standard InChI is InChI=1S/C19H20FN3O3S/c1-4-23(5-2)27(25,26)15-8-9-18(22-12-15)16(11-21)19(24)14-7-6-13(3)17(20)10-14/h6-10,12,16H,4-5H2,1-3H3. The fraction of sp³-hybridized carbons (Fsp3) is 0.316. The highest BCUT2D eigenvalue weighted by atomic mass is 32.2. The molecule has 0 saturated heterocycles. The third-order valence-electron chi connectivity index (χ3n) is 4.25. The number of halogens is 1. The molecule has 0 saturated carbocycles. The number of carbonyl (C=O) groups is 1. The van der Waals surface area contributed by atoms with E-state index in [0.717, 1.165) is 12.3 Å². The second kappa shape index (κ2) is 8.37. The van der Waals surface area contributed by atoms with Crippen LogP contribution in [0, 0.1) is 24.1 Å². The first kappa shape index (κ1) is 20.7. The molecule has 0 bridgehead atoms. The van der Waals surface area contributed by atoms with Gasteiger partial charge in [0.2, 0.25) is 10.0 Å². The van der Waals surface area contributed by atoms with Crippen LogP contribution in [0.3, 0.4) is 0 Å². The number of nitriles is 1. The molecule has 0 fully saturated rings. The summed E-state index contributed by atoms with van der Waals surface area (Å²) >= 11 is 0. The van der Waals surface area contributed by atoms with Crippen molar-refractivity contribution in [3.63, 3.8) is 0 Å². The quantitative estimate of drug-likeness (QED) is 0.679. The number of aromatic nitrogens is 1. The maximum atomic E-state index is 13.7. The Morgan fingerprint density at radius 2 is 1.93 bits per heavy atom. The van der Waals surface area contributed by atoms with Crippen LogP contribution in [0.5, 0.6) is 0 Å². The molecule has 142 valence electrons. The van der Waals surface area contributed by atoms with Gasteiger partial charge in [-0.2, -0.15) is 9.57 Å². The number of rotatable bonds is 7. The lowest BCUT2D eigenvalue weighted by Gasteiger charge is -2.18. The van der Waals surface area contributed by atoms with Gasteiger partial charge in [-0.15, -0.1) is 0 Å². The van der Waals surface area contributed by atoms with E-state index in [2.05, 4.69) is 4.98 Å². The van der Waals surface area contributed by atoms with E-state index in [4.69, 9.17) is 0 Å². The summed E-state index contributed by atoms with van der Waals surface area (Å²) in [5, 5.41) is 9.40. The molecular weight excluding hydrogens is 369 g/mol. The van der Waals surface area contributed by atoms with Crippen LogP contribution in [0.4, 0.5) is 4.39 Å². The van der Waals surface area contributed by atoms with Gasteiger partial charge in [-0.25, -0.2) is 12.8 Å². The molecule has 1 unspecified atom stereocenters. The van der Waals surface area contributed by atoms with Gasteiger partial charge < -0.3 is 0 Å². The van der Waals surface area contributed by atoms with Crippen molar-refractivity contribution in [2.75, 3.05) is 13.1 Å². The summed E-state index contributed by atoms with van der Waals surface area (Å²) in [6.45, 7) is 5.67. The zero-order valence-electron chi connectivity index (χ0n) is 15.3. The summed E-state index contributed by atoms with van der Waals surface area (Å²) in [5.74, 6) is -2.38. The molecule has 1 aromatic carbocycles. The van der Waals surface area contributed by atoms with Gasteiger partial charge in [0, 0.05) is 24.8 Å². The minimum Gasteiger partial charge on any atom is -0.292 e. The van der Waals surface area contributed by atoms with Crippen molar-refractivity contribution in [2.24, 2.45) is 0 Å². The first-order valence-corrected chi connectivity index (χ1v) is 9.86. The molecule has 6 nitrogen and oxygen atoms in total. The normalized spacial score (nSPS) is 12.6. The molecule has 1 heterocycles. The lowest BCUT2D eigenvalue weighted by Crippen LogP contribution is -2.30. The van der Waals surface area contributed by atoms with Gasteiger partial charge >= 0.3 is 0 Å². The Kier molecular flexibility index (Phi) is 6.41. The van der Waals surface area contributed by atoms with Gasteiger partial charge in [-0.05, 0) is 30.7 Å². The highest BCUT2D eigenvalue weighted by Gasteiger charge is 2.26. The van der Waals surface area contributed by atoms with Crippen molar-refractivity contribution < 1.29 is 17.6 Å². The number of aryl methyl sites for hydroxylation is 1. The lowest BCUT2D eigenvalue weighted by atomic mass is 9.95. The average Bonchev–Trinajstić information content (AvgIpc) is 2.65. The molecule has 2 aromatic rings. The summed E-state index contributed by atoms with van der Waals surface area (Å²) in [6, 6.07) is 8.52. The summed E-state index contributed by atoms with van der Waals surface area (Å²) in [4.78, 5) is 16.6. The molecule has 0 amide bonds. The van der Waals surface area contributed by atoms with E-state index in [9.17, 15) is 22.9 Å². The van der Waals surface area contributed by atoms with Crippen LogP contribution >= 0.6 is 0 Å². The van der Waals surface area contributed by atoms with Gasteiger partial charge in [-0.3, -0.25) is 9.78 Å². The summed E-state index contributed by atoms with van der Waals surface area (Å²) in [7, 11) is -3.68. The SMILES string of the molecule is CCN(CC)S(=O)(=O)c1ccc(C(C#N)C(=O)c2ccc(C)c(F)c2)nc1. The summed E-state index contributed by atoms with van der Waals surface area (Å²) in [6.07, 6.45) is 1.14. The smallest absolute Gasteiger partial charge is 0.244 e. The summed E-state index contributed by atoms with van der Waals surface area (Å²) in [5.41, 5.74) is 0.567. The molecular formula is C19H20FN3O3S. The van der Waals surface area contributed by atoms with Crippen molar-refractivity contribution in [3.05, 3.63) is 59.2 Å². The van der Waals surface area contributed by atoms with Crippen LogP contribution in [-0.2, 0) is 10.0 Å². The molecule has 0 spiro atoms. The number of carbonyl (C=O) groups excluding carboxylic acids is 1. The number of Topliss-reactive ketones (excluding diaryl/α,β-unsaturated/α-hetero) is 1. The molecule has 0 aliphatic heterocycles. The van der Waals surface area contributed by atoms with Crippen LogP contribution in [-0.4, -0.2) is 36.6 Å².